The number of benzene rings is 1. The molecule has 1 saturated heterocycles. The van der Waals surface area contributed by atoms with E-state index in [1.807, 2.05) is 24.1 Å². The van der Waals surface area contributed by atoms with Gasteiger partial charge >= 0.3 is 0 Å². The lowest BCUT2D eigenvalue weighted by molar-refractivity contribution is 0.0362. The Bertz CT molecular complexity index is 396. The molecule has 1 aliphatic rings. The lowest BCUT2D eigenvalue weighted by Crippen LogP contribution is -2.40. The smallest absolute Gasteiger partial charge is 0.253 e. The SMILES string of the molecule is COc1ccc(C(=O)N(C)C2CCOCC2)cc1. The van der Waals surface area contributed by atoms with Crippen LogP contribution in [-0.4, -0.2) is 44.2 Å². The summed E-state index contributed by atoms with van der Waals surface area (Å²) >= 11 is 0. The van der Waals surface area contributed by atoms with E-state index in [0.717, 1.165) is 31.8 Å². The van der Waals surface area contributed by atoms with Gasteiger partial charge in [-0.25, -0.2) is 0 Å². The zero-order valence-electron chi connectivity index (χ0n) is 10.9. The van der Waals surface area contributed by atoms with Crippen molar-refractivity contribution in [2.24, 2.45) is 0 Å². The summed E-state index contributed by atoms with van der Waals surface area (Å²) in [5.41, 5.74) is 0.699. The van der Waals surface area contributed by atoms with E-state index in [0.29, 0.717) is 5.56 Å². The van der Waals surface area contributed by atoms with Crippen LogP contribution in [0.4, 0.5) is 0 Å². The van der Waals surface area contributed by atoms with E-state index in [-0.39, 0.29) is 11.9 Å². The molecule has 1 aliphatic heterocycles. The summed E-state index contributed by atoms with van der Waals surface area (Å²) in [7, 11) is 3.48. The molecule has 18 heavy (non-hydrogen) atoms. The fourth-order valence-electron chi connectivity index (χ4n) is 2.18. The first kappa shape index (κ1) is 12.9. The summed E-state index contributed by atoms with van der Waals surface area (Å²) in [5, 5.41) is 0. The average Bonchev–Trinajstić information content (AvgIpc) is 2.47. The Kier molecular flexibility index (Phi) is 4.20. The van der Waals surface area contributed by atoms with Gasteiger partial charge in [0.25, 0.3) is 5.91 Å². The molecule has 4 nitrogen and oxygen atoms in total. The Morgan fingerprint density at radius 3 is 2.44 bits per heavy atom. The molecule has 4 heteroatoms. The molecule has 1 aromatic rings. The number of nitrogens with zero attached hydrogens (tertiary/aromatic N) is 1. The van der Waals surface area contributed by atoms with Crippen molar-refractivity contribution < 1.29 is 14.3 Å². The van der Waals surface area contributed by atoms with E-state index in [4.69, 9.17) is 9.47 Å². The minimum absolute atomic E-state index is 0.0598. The van der Waals surface area contributed by atoms with Gasteiger partial charge in [0.1, 0.15) is 5.75 Å². The highest BCUT2D eigenvalue weighted by molar-refractivity contribution is 5.94. The number of ether oxygens (including phenoxy) is 2. The second-order valence-electron chi connectivity index (χ2n) is 4.49. The zero-order valence-corrected chi connectivity index (χ0v) is 10.9. The van der Waals surface area contributed by atoms with Gasteiger partial charge in [-0.05, 0) is 37.1 Å². The number of hydrogen-bond acceptors (Lipinski definition) is 3. The van der Waals surface area contributed by atoms with Gasteiger partial charge in [0.2, 0.25) is 0 Å². The van der Waals surface area contributed by atoms with Crippen LogP contribution in [0, 0.1) is 0 Å². The van der Waals surface area contributed by atoms with Gasteiger partial charge in [0, 0.05) is 31.9 Å². The lowest BCUT2D eigenvalue weighted by Gasteiger charge is -2.31. The molecule has 0 bridgehead atoms. The number of rotatable bonds is 3. The van der Waals surface area contributed by atoms with Crippen LogP contribution < -0.4 is 4.74 Å². The number of hydrogen-bond donors (Lipinski definition) is 0. The first-order valence-electron chi connectivity index (χ1n) is 6.21. The van der Waals surface area contributed by atoms with Crippen LogP contribution in [0.2, 0.25) is 0 Å². The first-order chi connectivity index (χ1) is 8.72. The second kappa shape index (κ2) is 5.87. The predicted molar refractivity (Wildman–Crippen MR) is 68.9 cm³/mol. The average molecular weight is 249 g/mol. The molecule has 1 aromatic carbocycles. The fourth-order valence-corrected chi connectivity index (χ4v) is 2.18. The minimum atomic E-state index is 0.0598. The normalized spacial score (nSPS) is 16.3. The zero-order chi connectivity index (χ0) is 13.0. The van der Waals surface area contributed by atoms with Crippen molar-refractivity contribution in [3.05, 3.63) is 29.8 Å². The molecule has 0 atom stereocenters. The van der Waals surface area contributed by atoms with Crippen LogP contribution in [0.5, 0.6) is 5.75 Å². The second-order valence-corrected chi connectivity index (χ2v) is 4.49. The molecule has 0 spiro atoms. The Balaban J connectivity index is 2.04. The van der Waals surface area contributed by atoms with Crippen LogP contribution in [0.3, 0.4) is 0 Å². The molecule has 1 fully saturated rings. The maximum atomic E-state index is 12.3. The van der Waals surface area contributed by atoms with E-state index in [2.05, 4.69) is 0 Å². The molecular formula is C14H19NO3. The third-order valence-electron chi connectivity index (χ3n) is 3.40. The highest BCUT2D eigenvalue weighted by Gasteiger charge is 2.23. The molecule has 0 N–H and O–H groups in total. The van der Waals surface area contributed by atoms with E-state index in [9.17, 15) is 4.79 Å². The molecule has 0 aromatic heterocycles. The topological polar surface area (TPSA) is 38.8 Å². The van der Waals surface area contributed by atoms with Crippen LogP contribution in [-0.2, 0) is 4.74 Å². The summed E-state index contributed by atoms with van der Waals surface area (Å²) in [4.78, 5) is 14.1. The maximum Gasteiger partial charge on any atom is 0.253 e. The van der Waals surface area contributed by atoms with Crippen LogP contribution in [0.1, 0.15) is 23.2 Å². The largest absolute Gasteiger partial charge is 0.497 e. The molecular weight excluding hydrogens is 230 g/mol. The summed E-state index contributed by atoms with van der Waals surface area (Å²) in [6.45, 7) is 1.48. The molecule has 1 heterocycles. The third kappa shape index (κ3) is 2.82. The van der Waals surface area contributed by atoms with Crippen molar-refractivity contribution in [2.75, 3.05) is 27.4 Å². The van der Waals surface area contributed by atoms with Gasteiger partial charge in [-0.2, -0.15) is 0 Å². The maximum absolute atomic E-state index is 12.3. The number of carbonyl (C=O) groups is 1. The molecule has 1 amide bonds. The fraction of sp³-hybridized carbons (Fsp3) is 0.500. The summed E-state index contributed by atoms with van der Waals surface area (Å²) in [6, 6.07) is 7.51. The molecule has 0 radical (unpaired) electrons. The van der Waals surface area contributed by atoms with Crippen molar-refractivity contribution in [2.45, 2.75) is 18.9 Å². The molecule has 0 unspecified atom stereocenters. The minimum Gasteiger partial charge on any atom is -0.497 e. The van der Waals surface area contributed by atoms with Gasteiger partial charge in [-0.15, -0.1) is 0 Å². The van der Waals surface area contributed by atoms with Crippen LogP contribution in [0.25, 0.3) is 0 Å². The van der Waals surface area contributed by atoms with Gasteiger partial charge in [0.15, 0.2) is 0 Å². The van der Waals surface area contributed by atoms with E-state index in [1.54, 1.807) is 19.2 Å². The van der Waals surface area contributed by atoms with Crippen molar-refractivity contribution in [3.63, 3.8) is 0 Å². The van der Waals surface area contributed by atoms with Gasteiger partial charge in [0.05, 0.1) is 7.11 Å². The van der Waals surface area contributed by atoms with Crippen molar-refractivity contribution in [1.82, 2.24) is 4.90 Å². The van der Waals surface area contributed by atoms with Crippen molar-refractivity contribution in [1.29, 1.82) is 0 Å². The number of carbonyl (C=O) groups excluding carboxylic acids is 1. The standard InChI is InChI=1S/C14H19NO3/c1-15(12-7-9-18-10-8-12)14(16)11-3-5-13(17-2)6-4-11/h3-6,12H,7-10H2,1-2H3. The monoisotopic (exact) mass is 249 g/mol. The molecule has 2 rings (SSSR count). The molecule has 0 saturated carbocycles. The predicted octanol–water partition coefficient (Wildman–Crippen LogP) is 1.95. The van der Waals surface area contributed by atoms with Crippen LogP contribution in [0.15, 0.2) is 24.3 Å². The molecule has 98 valence electrons. The summed E-state index contributed by atoms with van der Waals surface area (Å²) in [6.07, 6.45) is 1.83. The Labute approximate surface area is 107 Å². The quantitative estimate of drug-likeness (QED) is 0.822. The van der Waals surface area contributed by atoms with Crippen molar-refractivity contribution in [3.8, 4) is 5.75 Å². The Morgan fingerprint density at radius 1 is 1.28 bits per heavy atom. The highest BCUT2D eigenvalue weighted by atomic mass is 16.5. The molecule has 0 aliphatic carbocycles. The third-order valence-corrected chi connectivity index (χ3v) is 3.40. The Hall–Kier alpha value is -1.55. The van der Waals surface area contributed by atoms with E-state index >= 15 is 0 Å². The Morgan fingerprint density at radius 2 is 1.89 bits per heavy atom. The van der Waals surface area contributed by atoms with Crippen LogP contribution >= 0.6 is 0 Å². The number of amides is 1. The van der Waals surface area contributed by atoms with Gasteiger partial charge in [-0.1, -0.05) is 0 Å². The number of methoxy groups -OCH3 is 1. The van der Waals surface area contributed by atoms with Gasteiger partial charge in [-0.3, -0.25) is 4.79 Å². The van der Waals surface area contributed by atoms with E-state index < -0.39 is 0 Å². The highest BCUT2D eigenvalue weighted by Crippen LogP contribution is 2.17. The summed E-state index contributed by atoms with van der Waals surface area (Å²) in [5.74, 6) is 0.824. The van der Waals surface area contributed by atoms with E-state index in [1.165, 1.54) is 0 Å². The van der Waals surface area contributed by atoms with Crippen molar-refractivity contribution >= 4 is 5.91 Å². The lowest BCUT2D eigenvalue weighted by atomic mass is 10.1. The summed E-state index contributed by atoms with van der Waals surface area (Å²) < 4.78 is 10.4. The van der Waals surface area contributed by atoms with Gasteiger partial charge < -0.3 is 14.4 Å². The first-order valence-corrected chi connectivity index (χ1v) is 6.21.